The molecule has 2 rings (SSSR count). The fourth-order valence-electron chi connectivity index (χ4n) is 2.17. The molecule has 4 nitrogen and oxygen atoms in total. The Kier molecular flexibility index (Phi) is 4.37. The van der Waals surface area contributed by atoms with Crippen LogP contribution >= 0.6 is 15.9 Å². The topological polar surface area (TPSA) is 42.7 Å². The number of aromatic nitrogens is 3. The maximum atomic E-state index is 4.48. The second-order valence-corrected chi connectivity index (χ2v) is 5.75. The van der Waals surface area contributed by atoms with E-state index in [1.165, 1.54) is 5.56 Å². The van der Waals surface area contributed by atoms with E-state index in [-0.39, 0.29) is 6.04 Å². The molecule has 0 radical (unpaired) electrons. The summed E-state index contributed by atoms with van der Waals surface area (Å²) >= 11 is 3.59. The third-order valence-electron chi connectivity index (χ3n) is 3.07. The number of nitrogens with one attached hydrogen (secondary N) is 1. The maximum Gasteiger partial charge on any atom is 0.0931 e. The Morgan fingerprint density at radius 1 is 1.37 bits per heavy atom. The van der Waals surface area contributed by atoms with Gasteiger partial charge in [0.15, 0.2) is 0 Å². The summed E-state index contributed by atoms with van der Waals surface area (Å²) in [4.78, 5) is 4.48. The zero-order valence-corrected chi connectivity index (χ0v) is 13.3. The molecule has 2 heterocycles. The molecule has 0 spiro atoms. The predicted octanol–water partition coefficient (Wildman–Crippen LogP) is 3.24. The molecule has 19 heavy (non-hydrogen) atoms. The standard InChI is InChI=1S/C14H19BrN4/c1-9(2)19-14(11(15)8-18-19)13(16-4)12-7-10(3)5-6-17-12/h5-9,13,16H,1-4H3. The van der Waals surface area contributed by atoms with Crippen molar-refractivity contribution in [2.45, 2.75) is 32.9 Å². The predicted molar refractivity (Wildman–Crippen MR) is 80.2 cm³/mol. The maximum absolute atomic E-state index is 4.48. The van der Waals surface area contributed by atoms with Crippen molar-refractivity contribution in [3.63, 3.8) is 0 Å². The first-order chi connectivity index (χ1) is 9.04. The van der Waals surface area contributed by atoms with Gasteiger partial charge in [-0.05, 0) is 61.4 Å². The van der Waals surface area contributed by atoms with Gasteiger partial charge in [0, 0.05) is 12.2 Å². The molecule has 0 amide bonds. The minimum atomic E-state index is 0.0270. The van der Waals surface area contributed by atoms with Gasteiger partial charge in [-0.15, -0.1) is 0 Å². The lowest BCUT2D eigenvalue weighted by molar-refractivity contribution is 0.480. The molecule has 0 saturated carbocycles. The van der Waals surface area contributed by atoms with Crippen molar-refractivity contribution < 1.29 is 0 Å². The summed E-state index contributed by atoms with van der Waals surface area (Å²) in [7, 11) is 1.94. The number of rotatable bonds is 4. The molecule has 2 aromatic heterocycles. The number of hydrogen-bond acceptors (Lipinski definition) is 3. The van der Waals surface area contributed by atoms with E-state index in [0.717, 1.165) is 15.9 Å². The van der Waals surface area contributed by atoms with Gasteiger partial charge in [0.25, 0.3) is 0 Å². The van der Waals surface area contributed by atoms with Crippen LogP contribution in [0.2, 0.25) is 0 Å². The van der Waals surface area contributed by atoms with E-state index in [2.05, 4.69) is 58.2 Å². The minimum absolute atomic E-state index is 0.0270. The monoisotopic (exact) mass is 322 g/mol. The highest BCUT2D eigenvalue weighted by molar-refractivity contribution is 9.10. The summed E-state index contributed by atoms with van der Waals surface area (Å²) in [6.07, 6.45) is 3.69. The number of halogens is 1. The van der Waals surface area contributed by atoms with Crippen LogP contribution in [0.5, 0.6) is 0 Å². The fourth-order valence-corrected chi connectivity index (χ4v) is 2.68. The lowest BCUT2D eigenvalue weighted by atomic mass is 10.1. The first-order valence-electron chi connectivity index (χ1n) is 6.37. The Bertz CT molecular complexity index is 562. The van der Waals surface area contributed by atoms with Crippen LogP contribution in [-0.4, -0.2) is 21.8 Å². The van der Waals surface area contributed by atoms with Gasteiger partial charge in [0.1, 0.15) is 0 Å². The molecule has 0 aliphatic heterocycles. The molecule has 5 heteroatoms. The molecular weight excluding hydrogens is 304 g/mol. The van der Waals surface area contributed by atoms with Crippen LogP contribution in [-0.2, 0) is 0 Å². The molecular formula is C14H19BrN4. The van der Waals surface area contributed by atoms with Gasteiger partial charge in [0.05, 0.1) is 28.1 Å². The summed E-state index contributed by atoms with van der Waals surface area (Å²) < 4.78 is 3.03. The normalized spacial score (nSPS) is 12.9. The van der Waals surface area contributed by atoms with E-state index >= 15 is 0 Å². The van der Waals surface area contributed by atoms with E-state index in [0.29, 0.717) is 6.04 Å². The van der Waals surface area contributed by atoms with Crippen LogP contribution in [0.1, 0.15) is 42.9 Å². The van der Waals surface area contributed by atoms with E-state index < -0.39 is 0 Å². The van der Waals surface area contributed by atoms with Gasteiger partial charge >= 0.3 is 0 Å². The third kappa shape index (κ3) is 2.87. The van der Waals surface area contributed by atoms with Gasteiger partial charge in [0.2, 0.25) is 0 Å². The number of pyridine rings is 1. The molecule has 0 saturated heterocycles. The lowest BCUT2D eigenvalue weighted by Gasteiger charge is -2.20. The van der Waals surface area contributed by atoms with Crippen molar-refractivity contribution in [2.24, 2.45) is 0 Å². The summed E-state index contributed by atoms with van der Waals surface area (Å²) in [5, 5.41) is 7.76. The zero-order chi connectivity index (χ0) is 14.0. The molecule has 0 fully saturated rings. The average molecular weight is 323 g/mol. The second-order valence-electron chi connectivity index (χ2n) is 4.90. The zero-order valence-electron chi connectivity index (χ0n) is 11.7. The summed E-state index contributed by atoms with van der Waals surface area (Å²) in [6.45, 7) is 6.32. The van der Waals surface area contributed by atoms with Crippen LogP contribution in [0, 0.1) is 6.92 Å². The second kappa shape index (κ2) is 5.84. The van der Waals surface area contributed by atoms with E-state index in [1.54, 1.807) is 0 Å². The Labute approximate surface area is 122 Å². The van der Waals surface area contributed by atoms with Gasteiger partial charge < -0.3 is 5.32 Å². The van der Waals surface area contributed by atoms with Crippen molar-refractivity contribution in [1.82, 2.24) is 20.1 Å². The smallest absolute Gasteiger partial charge is 0.0931 e. The Hall–Kier alpha value is -1.20. The number of nitrogens with zero attached hydrogens (tertiary/aromatic N) is 3. The van der Waals surface area contributed by atoms with Crippen molar-refractivity contribution in [2.75, 3.05) is 7.05 Å². The molecule has 0 aliphatic carbocycles. The third-order valence-corrected chi connectivity index (χ3v) is 3.68. The highest BCUT2D eigenvalue weighted by Gasteiger charge is 2.22. The molecule has 0 bridgehead atoms. The molecule has 2 aromatic rings. The Morgan fingerprint density at radius 2 is 2.11 bits per heavy atom. The minimum Gasteiger partial charge on any atom is -0.307 e. The lowest BCUT2D eigenvalue weighted by Crippen LogP contribution is -2.23. The van der Waals surface area contributed by atoms with Crippen molar-refractivity contribution >= 4 is 15.9 Å². The van der Waals surface area contributed by atoms with Gasteiger partial charge in [-0.25, -0.2) is 0 Å². The molecule has 0 aliphatic rings. The van der Waals surface area contributed by atoms with Crippen LogP contribution in [0.15, 0.2) is 29.0 Å². The van der Waals surface area contributed by atoms with Crippen LogP contribution in [0.4, 0.5) is 0 Å². The van der Waals surface area contributed by atoms with Gasteiger partial charge in [-0.2, -0.15) is 5.10 Å². The molecule has 1 atom stereocenters. The first kappa shape index (κ1) is 14.2. The molecule has 102 valence electrons. The van der Waals surface area contributed by atoms with Crippen LogP contribution < -0.4 is 5.32 Å². The van der Waals surface area contributed by atoms with Crippen molar-refractivity contribution in [3.05, 3.63) is 46.0 Å². The van der Waals surface area contributed by atoms with Gasteiger partial charge in [-0.1, -0.05) is 0 Å². The SMILES string of the molecule is CNC(c1cc(C)ccn1)c1c(Br)cnn1C(C)C. The van der Waals surface area contributed by atoms with E-state index in [9.17, 15) is 0 Å². The van der Waals surface area contributed by atoms with E-state index in [4.69, 9.17) is 0 Å². The quantitative estimate of drug-likeness (QED) is 0.939. The van der Waals surface area contributed by atoms with Crippen molar-refractivity contribution in [3.8, 4) is 0 Å². The molecule has 1 N–H and O–H groups in total. The van der Waals surface area contributed by atoms with Crippen LogP contribution in [0.25, 0.3) is 0 Å². The van der Waals surface area contributed by atoms with Crippen molar-refractivity contribution in [1.29, 1.82) is 0 Å². The molecule has 1 unspecified atom stereocenters. The molecule has 0 aromatic carbocycles. The average Bonchev–Trinajstić information content (AvgIpc) is 2.73. The number of hydrogen-bond donors (Lipinski definition) is 1. The first-order valence-corrected chi connectivity index (χ1v) is 7.16. The number of aryl methyl sites for hydroxylation is 1. The fraction of sp³-hybridized carbons (Fsp3) is 0.429. The highest BCUT2D eigenvalue weighted by atomic mass is 79.9. The summed E-state index contributed by atoms with van der Waals surface area (Å²) in [6, 6.07) is 4.44. The largest absolute Gasteiger partial charge is 0.307 e. The Balaban J connectivity index is 2.51. The highest BCUT2D eigenvalue weighted by Crippen LogP contribution is 2.29. The summed E-state index contributed by atoms with van der Waals surface area (Å²) in [5.41, 5.74) is 3.32. The van der Waals surface area contributed by atoms with E-state index in [1.807, 2.05) is 30.2 Å². The Morgan fingerprint density at radius 3 is 2.68 bits per heavy atom. The summed E-state index contributed by atoms with van der Waals surface area (Å²) in [5.74, 6) is 0. The van der Waals surface area contributed by atoms with Crippen LogP contribution in [0.3, 0.4) is 0 Å². The van der Waals surface area contributed by atoms with Gasteiger partial charge in [-0.3, -0.25) is 9.67 Å².